The fraction of sp³-hybridized carbons (Fsp3) is 0.440. The molecule has 0 saturated carbocycles. The van der Waals surface area contributed by atoms with Gasteiger partial charge < -0.3 is 18.4 Å². The third-order valence-electron chi connectivity index (χ3n) is 7.18. The van der Waals surface area contributed by atoms with Gasteiger partial charge in [0.05, 0.1) is 11.3 Å². The number of carbonyl (C=O) groups is 1. The zero-order chi connectivity index (χ0) is 27.0. The number of anilines is 3. The third-order valence-corrected chi connectivity index (χ3v) is 11.7. The number of nitrogens with zero attached hydrogens (tertiary/aromatic N) is 6. The molecular weight excluding hydrogens is 485 g/mol. The monoisotopic (exact) mass is 516 g/mol. The highest BCUT2D eigenvalue weighted by atomic mass is 28.4. The molecule has 2 aromatic heterocycles. The molecule has 3 heterocycles. The second kappa shape index (κ2) is 9.72. The van der Waals surface area contributed by atoms with Crippen molar-refractivity contribution in [2.24, 2.45) is 0 Å². The SMILES string of the molecule is Cc1nnc(Nc2nccc(-c3cc(C#N)c4c(c3)C(C)(CO[Si](C)(C)C(C)(C)C)CN4[B]C=O)n2)o1. The van der Waals surface area contributed by atoms with Gasteiger partial charge in [0.2, 0.25) is 11.8 Å². The fourth-order valence-electron chi connectivity index (χ4n) is 4.08. The number of nitriles is 1. The lowest BCUT2D eigenvalue weighted by molar-refractivity contribution is 0.219. The Balaban J connectivity index is 1.75. The lowest BCUT2D eigenvalue weighted by Gasteiger charge is -2.39. The molecule has 1 N–H and O–H groups in total. The van der Waals surface area contributed by atoms with E-state index in [1.807, 2.05) is 10.9 Å². The van der Waals surface area contributed by atoms with Crippen LogP contribution in [-0.4, -0.2) is 55.2 Å². The van der Waals surface area contributed by atoms with E-state index in [0.717, 1.165) is 23.0 Å². The Morgan fingerprint density at radius 3 is 2.73 bits per heavy atom. The van der Waals surface area contributed by atoms with Gasteiger partial charge in [-0.05, 0) is 41.9 Å². The quantitative estimate of drug-likeness (QED) is 0.340. The summed E-state index contributed by atoms with van der Waals surface area (Å²) in [7, 11) is -0.553. The van der Waals surface area contributed by atoms with Crippen LogP contribution < -0.4 is 10.1 Å². The second-order valence-electron chi connectivity index (χ2n) is 11.1. The number of benzene rings is 1. The van der Waals surface area contributed by atoms with Crippen LogP contribution in [0.15, 0.2) is 28.8 Å². The van der Waals surface area contributed by atoms with Crippen molar-refractivity contribution < 1.29 is 13.6 Å². The van der Waals surface area contributed by atoms with Crippen molar-refractivity contribution in [3.05, 3.63) is 41.4 Å². The van der Waals surface area contributed by atoms with Crippen molar-refractivity contribution in [2.75, 3.05) is 23.3 Å². The van der Waals surface area contributed by atoms with Crippen molar-refractivity contribution in [1.82, 2.24) is 20.2 Å². The van der Waals surface area contributed by atoms with Crippen LogP contribution in [-0.2, 0) is 14.6 Å². The largest absolute Gasteiger partial charge is 0.416 e. The Labute approximate surface area is 218 Å². The summed E-state index contributed by atoms with van der Waals surface area (Å²) in [6.07, 6.45) is 2.38. The highest BCUT2D eigenvalue weighted by Crippen LogP contribution is 2.46. The second-order valence-corrected chi connectivity index (χ2v) is 15.9. The molecule has 37 heavy (non-hydrogen) atoms. The van der Waals surface area contributed by atoms with Crippen LogP contribution in [0.4, 0.5) is 17.7 Å². The number of hydrogen-bond acceptors (Lipinski definition) is 10. The molecule has 12 heteroatoms. The van der Waals surface area contributed by atoms with Gasteiger partial charge in [-0.3, -0.25) is 5.32 Å². The van der Waals surface area contributed by atoms with Crippen LogP contribution in [0.1, 0.15) is 44.7 Å². The zero-order valence-electron chi connectivity index (χ0n) is 22.3. The van der Waals surface area contributed by atoms with E-state index in [-0.39, 0.29) is 11.1 Å². The van der Waals surface area contributed by atoms with Crippen LogP contribution in [0.5, 0.6) is 0 Å². The molecule has 0 aliphatic carbocycles. The van der Waals surface area contributed by atoms with Crippen molar-refractivity contribution >= 4 is 39.6 Å². The highest BCUT2D eigenvalue weighted by Gasteiger charge is 2.44. The maximum atomic E-state index is 11.5. The molecule has 0 saturated heterocycles. The van der Waals surface area contributed by atoms with Gasteiger partial charge in [0.15, 0.2) is 8.32 Å². The van der Waals surface area contributed by atoms with E-state index in [9.17, 15) is 10.1 Å². The van der Waals surface area contributed by atoms with E-state index in [0.29, 0.717) is 36.2 Å². The average molecular weight is 516 g/mol. The molecule has 191 valence electrons. The molecule has 1 atom stereocenters. The predicted molar refractivity (Wildman–Crippen MR) is 145 cm³/mol. The summed E-state index contributed by atoms with van der Waals surface area (Å²) in [6.45, 7) is 15.9. The van der Waals surface area contributed by atoms with E-state index in [1.165, 1.54) is 7.41 Å². The van der Waals surface area contributed by atoms with E-state index < -0.39 is 13.7 Å². The molecule has 1 aromatic carbocycles. The van der Waals surface area contributed by atoms with Crippen LogP contribution in [0.3, 0.4) is 0 Å². The molecule has 0 fully saturated rings. The molecule has 0 bridgehead atoms. The van der Waals surface area contributed by atoms with E-state index in [4.69, 9.17) is 8.84 Å². The first-order valence-corrected chi connectivity index (χ1v) is 15.0. The summed E-state index contributed by atoms with van der Waals surface area (Å²) in [5.74, 6) is 0.715. The van der Waals surface area contributed by atoms with Gasteiger partial charge in [0, 0.05) is 42.9 Å². The van der Waals surface area contributed by atoms with Gasteiger partial charge in [0.25, 0.3) is 0 Å². The Kier molecular flexibility index (Phi) is 6.96. The fourth-order valence-corrected chi connectivity index (χ4v) is 5.19. The maximum absolute atomic E-state index is 11.5. The number of rotatable bonds is 8. The molecule has 3 aromatic rings. The van der Waals surface area contributed by atoms with Gasteiger partial charge in [-0.1, -0.05) is 32.8 Å². The molecule has 1 unspecified atom stereocenters. The van der Waals surface area contributed by atoms with Gasteiger partial charge >= 0.3 is 13.4 Å². The molecular formula is C25H31BN7O3Si. The van der Waals surface area contributed by atoms with Crippen molar-refractivity contribution in [3.63, 3.8) is 0 Å². The summed E-state index contributed by atoms with van der Waals surface area (Å²) in [5, 5.41) is 20.8. The standard InChI is InChI=1S/C25H31BN7O3Si/c1-16-31-32-23(36-16)30-22-28-9-8-20(29-22)17-10-18(12-27)21-19(11-17)25(5,13-33(21)26-15-34)14-35-37(6,7)24(2,3)4/h8-11,15H,13-14H2,1-7H3,(H,28,29,30,32). The topological polar surface area (TPSA) is 130 Å². The van der Waals surface area contributed by atoms with Crippen LogP contribution >= 0.6 is 0 Å². The number of aromatic nitrogens is 4. The van der Waals surface area contributed by atoms with Gasteiger partial charge in [-0.15, -0.1) is 5.10 Å². The van der Waals surface area contributed by atoms with Crippen LogP contribution in [0, 0.1) is 18.3 Å². The molecule has 10 nitrogen and oxygen atoms in total. The molecule has 1 radical (unpaired) electrons. The van der Waals surface area contributed by atoms with Crippen molar-refractivity contribution in [1.29, 1.82) is 5.26 Å². The smallest absolute Gasteiger partial charge is 0.329 e. The minimum Gasteiger partial charge on any atom is -0.416 e. The summed E-state index contributed by atoms with van der Waals surface area (Å²) in [6, 6.07) is 8.11. The van der Waals surface area contributed by atoms with E-state index >= 15 is 0 Å². The van der Waals surface area contributed by atoms with E-state index in [2.05, 4.69) is 72.3 Å². The summed E-state index contributed by atoms with van der Waals surface area (Å²) >= 11 is 0. The number of carbonyl (C=O) groups excluding carboxylic acids is 1. The number of fused-ring (bicyclic) bond motifs is 1. The Morgan fingerprint density at radius 2 is 2.11 bits per heavy atom. The van der Waals surface area contributed by atoms with E-state index in [1.54, 1.807) is 25.3 Å². The van der Waals surface area contributed by atoms with Crippen molar-refractivity contribution in [2.45, 2.75) is 58.2 Å². The highest BCUT2D eigenvalue weighted by molar-refractivity contribution is 6.74. The first-order chi connectivity index (χ1) is 17.4. The summed E-state index contributed by atoms with van der Waals surface area (Å²) < 4.78 is 12.0. The molecule has 4 rings (SSSR count). The molecule has 1 aliphatic rings. The lowest BCUT2D eigenvalue weighted by Crippen LogP contribution is -2.46. The molecule has 1 aliphatic heterocycles. The Hall–Kier alpha value is -3.56. The minimum absolute atomic E-state index is 0.0559. The first kappa shape index (κ1) is 26.5. The minimum atomic E-state index is -2.04. The molecule has 0 spiro atoms. The maximum Gasteiger partial charge on any atom is 0.329 e. The lowest BCUT2D eigenvalue weighted by atomic mass is 9.83. The summed E-state index contributed by atoms with van der Waals surface area (Å²) in [5.41, 5.74) is 3.07. The normalized spacial score (nSPS) is 17.3. The molecule has 0 amide bonds. The average Bonchev–Trinajstić information content (AvgIpc) is 3.37. The number of nitrogens with one attached hydrogen (secondary N) is 1. The Morgan fingerprint density at radius 1 is 1.35 bits per heavy atom. The van der Waals surface area contributed by atoms with Gasteiger partial charge in [-0.25, -0.2) is 9.97 Å². The zero-order valence-corrected chi connectivity index (χ0v) is 23.3. The van der Waals surface area contributed by atoms with Crippen LogP contribution in [0.2, 0.25) is 18.1 Å². The van der Waals surface area contributed by atoms with Crippen molar-refractivity contribution in [3.8, 4) is 17.3 Å². The number of aryl methyl sites for hydroxylation is 1. The first-order valence-electron chi connectivity index (χ1n) is 12.1. The Bertz CT molecular complexity index is 1370. The van der Waals surface area contributed by atoms with Gasteiger partial charge in [0.1, 0.15) is 12.3 Å². The summed E-state index contributed by atoms with van der Waals surface area (Å²) in [4.78, 5) is 22.2. The third kappa shape index (κ3) is 5.28. The van der Waals surface area contributed by atoms with Crippen LogP contribution in [0.25, 0.3) is 11.3 Å². The number of hydrogen-bond donors (Lipinski definition) is 1. The predicted octanol–water partition coefficient (Wildman–Crippen LogP) is 4.36. The van der Waals surface area contributed by atoms with Gasteiger partial charge in [-0.2, -0.15) is 5.26 Å².